The van der Waals surface area contributed by atoms with Crippen LogP contribution >= 0.6 is 11.6 Å². The Hall–Kier alpha value is -1.24. The first kappa shape index (κ1) is 12.8. The second-order valence-corrected chi connectivity index (χ2v) is 3.11. The molecule has 0 fully saturated rings. The van der Waals surface area contributed by atoms with E-state index >= 15 is 0 Å². The largest absolute Gasteiger partial charge is 0.420 e. The summed E-state index contributed by atoms with van der Waals surface area (Å²) in [4.78, 5) is 13.2. The van der Waals surface area contributed by atoms with Crippen molar-refractivity contribution in [2.45, 2.75) is 12.6 Å². The zero-order valence-corrected chi connectivity index (χ0v) is 8.11. The van der Waals surface area contributed by atoms with Gasteiger partial charge >= 0.3 is 6.18 Å². The molecule has 1 aromatic heterocycles. The van der Waals surface area contributed by atoms with Gasteiger partial charge in [0.15, 0.2) is 6.29 Å². The SMILES string of the molecule is O=Cc1nc(C(F)F)cc(Cl)c1C(F)(F)F. The van der Waals surface area contributed by atoms with Crippen LogP contribution in [0.4, 0.5) is 22.0 Å². The van der Waals surface area contributed by atoms with Gasteiger partial charge in [0, 0.05) is 0 Å². The zero-order valence-electron chi connectivity index (χ0n) is 7.36. The van der Waals surface area contributed by atoms with Crippen molar-refractivity contribution >= 4 is 17.9 Å². The first-order valence-electron chi connectivity index (χ1n) is 3.78. The highest BCUT2D eigenvalue weighted by Gasteiger charge is 2.37. The number of hydrogen-bond acceptors (Lipinski definition) is 2. The number of carbonyl (C=O) groups excluding carboxylic acids is 1. The molecule has 8 heteroatoms. The topological polar surface area (TPSA) is 30.0 Å². The van der Waals surface area contributed by atoms with Crippen LogP contribution < -0.4 is 0 Å². The van der Waals surface area contributed by atoms with Gasteiger partial charge in [-0.15, -0.1) is 0 Å². The zero-order chi connectivity index (χ0) is 12.5. The van der Waals surface area contributed by atoms with Gasteiger partial charge in [-0.3, -0.25) is 4.79 Å². The summed E-state index contributed by atoms with van der Waals surface area (Å²) in [6.45, 7) is 0. The summed E-state index contributed by atoms with van der Waals surface area (Å²) >= 11 is 5.19. The van der Waals surface area contributed by atoms with Crippen LogP contribution in [0.5, 0.6) is 0 Å². The molecule has 16 heavy (non-hydrogen) atoms. The Morgan fingerprint density at radius 2 is 1.94 bits per heavy atom. The average molecular weight is 260 g/mol. The number of nitrogens with zero attached hydrogens (tertiary/aromatic N) is 1. The lowest BCUT2D eigenvalue weighted by Crippen LogP contribution is -2.13. The van der Waals surface area contributed by atoms with Gasteiger partial charge in [0.1, 0.15) is 17.0 Å². The fourth-order valence-corrected chi connectivity index (χ4v) is 1.35. The summed E-state index contributed by atoms with van der Waals surface area (Å²) in [5, 5.41) is -0.972. The molecule has 0 aliphatic rings. The predicted octanol–water partition coefficient (Wildman–Crippen LogP) is 3.50. The van der Waals surface area contributed by atoms with Crippen molar-refractivity contribution in [3.8, 4) is 0 Å². The van der Waals surface area contributed by atoms with Crippen LogP contribution in [-0.4, -0.2) is 11.3 Å². The maximum absolute atomic E-state index is 12.4. The van der Waals surface area contributed by atoms with E-state index in [2.05, 4.69) is 4.98 Å². The molecule has 0 amide bonds. The minimum Gasteiger partial charge on any atom is -0.296 e. The Labute approximate surface area is 91.0 Å². The highest BCUT2D eigenvalue weighted by atomic mass is 35.5. The summed E-state index contributed by atoms with van der Waals surface area (Å²) in [6, 6.07) is 0.391. The normalized spacial score (nSPS) is 11.9. The molecule has 0 unspecified atom stereocenters. The number of alkyl halides is 5. The number of carbonyl (C=O) groups is 1. The summed E-state index contributed by atoms with van der Waals surface area (Å²) < 4.78 is 61.4. The molecule has 1 aromatic rings. The van der Waals surface area contributed by atoms with E-state index < -0.39 is 34.6 Å². The van der Waals surface area contributed by atoms with Gasteiger partial charge in [-0.2, -0.15) is 13.2 Å². The molecule has 1 rings (SSSR count). The molecule has 0 saturated carbocycles. The van der Waals surface area contributed by atoms with Crippen molar-refractivity contribution in [1.29, 1.82) is 0 Å². The Bertz CT molecular complexity index is 418. The highest BCUT2D eigenvalue weighted by molar-refractivity contribution is 6.31. The smallest absolute Gasteiger partial charge is 0.296 e. The van der Waals surface area contributed by atoms with Crippen molar-refractivity contribution in [3.63, 3.8) is 0 Å². The van der Waals surface area contributed by atoms with E-state index in [-0.39, 0.29) is 6.29 Å². The number of pyridine rings is 1. The maximum atomic E-state index is 12.4. The van der Waals surface area contributed by atoms with Gasteiger partial charge in [0.05, 0.1) is 5.02 Å². The van der Waals surface area contributed by atoms with E-state index in [1.54, 1.807) is 0 Å². The molecule has 2 nitrogen and oxygen atoms in total. The van der Waals surface area contributed by atoms with Crippen molar-refractivity contribution in [3.05, 3.63) is 28.0 Å². The van der Waals surface area contributed by atoms with Crippen LogP contribution in [0.3, 0.4) is 0 Å². The van der Waals surface area contributed by atoms with Crippen molar-refractivity contribution in [2.24, 2.45) is 0 Å². The molecule has 0 radical (unpaired) electrons. The molecule has 0 N–H and O–H groups in total. The van der Waals surface area contributed by atoms with Crippen molar-refractivity contribution in [1.82, 2.24) is 4.98 Å². The summed E-state index contributed by atoms with van der Waals surface area (Å²) in [5.41, 5.74) is -3.62. The van der Waals surface area contributed by atoms with Gasteiger partial charge in [-0.1, -0.05) is 11.6 Å². The molecule has 0 bridgehead atoms. The molecular formula is C8H3ClF5NO. The van der Waals surface area contributed by atoms with Gasteiger partial charge in [0.2, 0.25) is 0 Å². The Kier molecular flexibility index (Phi) is 3.47. The fourth-order valence-electron chi connectivity index (χ4n) is 1.03. The van der Waals surface area contributed by atoms with Gasteiger partial charge in [0.25, 0.3) is 6.43 Å². The number of halogens is 6. The maximum Gasteiger partial charge on any atom is 0.420 e. The van der Waals surface area contributed by atoms with Crippen molar-refractivity contribution in [2.75, 3.05) is 0 Å². The quantitative estimate of drug-likeness (QED) is 0.601. The molecule has 0 atom stereocenters. The lowest BCUT2D eigenvalue weighted by Gasteiger charge is -2.12. The van der Waals surface area contributed by atoms with Gasteiger partial charge < -0.3 is 0 Å². The molecule has 0 aliphatic carbocycles. The minimum absolute atomic E-state index is 0.263. The lowest BCUT2D eigenvalue weighted by molar-refractivity contribution is -0.138. The minimum atomic E-state index is -4.92. The predicted molar refractivity (Wildman–Crippen MR) is 44.6 cm³/mol. The van der Waals surface area contributed by atoms with Gasteiger partial charge in [-0.25, -0.2) is 13.8 Å². The van der Waals surface area contributed by atoms with E-state index in [1.165, 1.54) is 0 Å². The Morgan fingerprint density at radius 3 is 2.31 bits per heavy atom. The monoisotopic (exact) mass is 259 g/mol. The summed E-state index contributed by atoms with van der Waals surface area (Å²) in [6.07, 6.45) is -8.28. The second kappa shape index (κ2) is 4.32. The third-order valence-corrected chi connectivity index (χ3v) is 1.94. The molecule has 88 valence electrons. The van der Waals surface area contributed by atoms with Crippen LogP contribution in [0.25, 0.3) is 0 Å². The first-order chi connectivity index (χ1) is 7.27. The van der Waals surface area contributed by atoms with Crippen LogP contribution in [0.15, 0.2) is 6.07 Å². The van der Waals surface area contributed by atoms with E-state index in [4.69, 9.17) is 11.6 Å². The Morgan fingerprint density at radius 1 is 1.38 bits per heavy atom. The third kappa shape index (κ3) is 2.46. The van der Waals surface area contributed by atoms with Crippen LogP contribution in [0.2, 0.25) is 5.02 Å². The first-order valence-corrected chi connectivity index (χ1v) is 4.16. The molecule has 0 aromatic carbocycles. The average Bonchev–Trinajstić information content (AvgIpc) is 2.14. The lowest BCUT2D eigenvalue weighted by atomic mass is 10.1. The van der Waals surface area contributed by atoms with E-state index in [1.807, 2.05) is 0 Å². The van der Waals surface area contributed by atoms with Gasteiger partial charge in [-0.05, 0) is 6.07 Å². The number of aromatic nitrogens is 1. The Balaban J connectivity index is 3.47. The molecule has 0 aliphatic heterocycles. The standard InChI is InChI=1S/C8H3ClF5NO/c9-3-1-4(7(10)11)15-5(2-16)6(3)8(12,13)14/h1-2,7H. The summed E-state index contributed by atoms with van der Waals surface area (Å²) in [5.74, 6) is 0. The van der Waals surface area contributed by atoms with Crippen molar-refractivity contribution < 1.29 is 26.7 Å². The molecule has 0 spiro atoms. The van der Waals surface area contributed by atoms with Crippen LogP contribution in [0.1, 0.15) is 28.2 Å². The second-order valence-electron chi connectivity index (χ2n) is 2.71. The highest BCUT2D eigenvalue weighted by Crippen LogP contribution is 2.37. The molecule has 1 heterocycles. The van der Waals surface area contributed by atoms with Crippen LogP contribution in [-0.2, 0) is 6.18 Å². The number of aldehydes is 1. The molecular weight excluding hydrogens is 257 g/mol. The third-order valence-electron chi connectivity index (χ3n) is 1.64. The van der Waals surface area contributed by atoms with E-state index in [0.29, 0.717) is 6.07 Å². The summed E-state index contributed by atoms with van der Waals surface area (Å²) in [7, 11) is 0. The van der Waals surface area contributed by atoms with Crippen LogP contribution in [0, 0.1) is 0 Å². The number of hydrogen-bond donors (Lipinski definition) is 0. The van der Waals surface area contributed by atoms with E-state index in [0.717, 1.165) is 0 Å². The van der Waals surface area contributed by atoms with E-state index in [9.17, 15) is 26.7 Å². The molecule has 0 saturated heterocycles. The fraction of sp³-hybridized carbons (Fsp3) is 0.250. The number of rotatable bonds is 2.